The molecule has 6 rings (SSSR count). The molecule has 4 amide bonds. The van der Waals surface area contributed by atoms with Gasteiger partial charge in [0.2, 0.25) is 11.8 Å². The van der Waals surface area contributed by atoms with E-state index in [0.717, 1.165) is 28.8 Å². The fraction of sp³-hybridized carbons (Fsp3) is 0.184. The number of amides is 4. The summed E-state index contributed by atoms with van der Waals surface area (Å²) in [4.78, 5) is 50.6. The number of aryl methyl sites for hydroxylation is 3. The number of halogens is 3. The van der Waals surface area contributed by atoms with Gasteiger partial charge in [-0.3, -0.25) is 19.2 Å². The summed E-state index contributed by atoms with van der Waals surface area (Å²) in [7, 11) is -7.94. The molecule has 6 N–H and O–H groups in total. The molecule has 0 saturated carbocycles. The lowest BCUT2D eigenvalue weighted by Gasteiger charge is -2.17. The summed E-state index contributed by atoms with van der Waals surface area (Å²) >= 11 is 18.3. The van der Waals surface area contributed by atoms with Gasteiger partial charge in [-0.05, 0) is 106 Å². The lowest BCUT2D eigenvalue weighted by molar-refractivity contribution is -0.116. The molecule has 0 saturated heterocycles. The van der Waals surface area contributed by atoms with E-state index in [-0.39, 0.29) is 66.9 Å². The summed E-state index contributed by atoms with van der Waals surface area (Å²) in [6.45, 7) is 8.79. The second-order valence-electron chi connectivity index (χ2n) is 15.5. The monoisotopic (exact) mass is 1020 g/mol. The molecule has 0 fully saturated rings. The number of hydrogen-bond donors (Lipinski definition) is 6. The van der Waals surface area contributed by atoms with E-state index in [1.165, 1.54) is 48.5 Å². The number of aromatic hydroxyl groups is 2. The number of hydrogen-bond acceptors (Lipinski definition) is 10. The van der Waals surface area contributed by atoms with E-state index in [0.29, 0.717) is 16.1 Å². The van der Waals surface area contributed by atoms with Crippen molar-refractivity contribution in [1.82, 2.24) is 0 Å². The van der Waals surface area contributed by atoms with E-state index in [1.807, 2.05) is 20.8 Å². The third-order valence-corrected chi connectivity index (χ3v) is 15.7. The summed E-state index contributed by atoms with van der Waals surface area (Å²) in [5, 5.41) is 28.5. The van der Waals surface area contributed by atoms with Gasteiger partial charge in [0.1, 0.15) is 22.0 Å². The van der Waals surface area contributed by atoms with Gasteiger partial charge < -0.3 is 31.5 Å². The fourth-order valence-corrected chi connectivity index (χ4v) is 10.3. The lowest BCUT2D eigenvalue weighted by Crippen LogP contribution is -2.34. The molecular formula is C49H47Cl3N4O10S2. The van der Waals surface area contributed by atoms with Gasteiger partial charge in [0, 0.05) is 28.3 Å². The molecule has 0 aliphatic carbocycles. The number of carbonyl (C=O) groups is 4. The largest absolute Gasteiger partial charge is 0.506 e. The Bertz CT molecular complexity index is 2850. The van der Waals surface area contributed by atoms with Crippen LogP contribution in [0.3, 0.4) is 0 Å². The molecule has 0 radical (unpaired) electrons. The van der Waals surface area contributed by atoms with Gasteiger partial charge >= 0.3 is 0 Å². The molecule has 6 aromatic carbocycles. The van der Waals surface area contributed by atoms with Crippen LogP contribution in [0.25, 0.3) is 0 Å². The van der Waals surface area contributed by atoms with Gasteiger partial charge in [0.25, 0.3) is 11.8 Å². The zero-order valence-corrected chi connectivity index (χ0v) is 41.1. The zero-order valence-electron chi connectivity index (χ0n) is 37.2. The van der Waals surface area contributed by atoms with E-state index >= 15 is 0 Å². The van der Waals surface area contributed by atoms with Crippen LogP contribution in [0.15, 0.2) is 131 Å². The molecule has 14 nitrogen and oxygen atoms in total. The third-order valence-electron chi connectivity index (χ3n) is 10.4. The van der Waals surface area contributed by atoms with Crippen LogP contribution in [0, 0.1) is 20.8 Å². The van der Waals surface area contributed by atoms with Crippen LogP contribution in [-0.4, -0.2) is 61.2 Å². The minimum atomic E-state index is -4.00. The highest BCUT2D eigenvalue weighted by atomic mass is 35.5. The molecule has 0 aromatic heterocycles. The molecule has 0 aliphatic heterocycles. The van der Waals surface area contributed by atoms with E-state index in [4.69, 9.17) is 34.8 Å². The van der Waals surface area contributed by atoms with Crippen molar-refractivity contribution in [1.29, 1.82) is 0 Å². The average Bonchev–Trinajstić information content (AvgIpc) is 3.28. The fourth-order valence-electron chi connectivity index (χ4n) is 6.51. The van der Waals surface area contributed by atoms with E-state index in [2.05, 4.69) is 21.3 Å². The van der Waals surface area contributed by atoms with E-state index < -0.39 is 53.8 Å². The molecule has 0 heterocycles. The Morgan fingerprint density at radius 3 is 1.10 bits per heavy atom. The molecule has 68 heavy (non-hydrogen) atoms. The summed E-state index contributed by atoms with van der Waals surface area (Å²) in [6.07, 6.45) is 0.0431. The number of anilines is 4. The first-order valence-corrected chi connectivity index (χ1v) is 25.0. The van der Waals surface area contributed by atoms with Crippen molar-refractivity contribution in [3.63, 3.8) is 0 Å². The van der Waals surface area contributed by atoms with Crippen LogP contribution >= 0.6 is 34.8 Å². The summed E-state index contributed by atoms with van der Waals surface area (Å²) in [6, 6.07) is 30.4. The van der Waals surface area contributed by atoms with Gasteiger partial charge in [-0.15, -0.1) is 0 Å². The SMILES string of the molecule is CCC(C(=O)Nc1cc(O)c(NC(=O)c2ccc(C)cc2)cc1Cl)S(=O)(=O)c1ccc(C)cc1.CCC(C(=O)Nc1cc(O)c(NC(=O)c2ccc(C)cc2)cc1Cl)S(=O)(=O)c1ccc(Cl)cc1. The summed E-state index contributed by atoms with van der Waals surface area (Å²) in [5.41, 5.74) is 3.78. The topological polar surface area (TPSA) is 225 Å². The van der Waals surface area contributed by atoms with Crippen molar-refractivity contribution < 1.29 is 46.2 Å². The van der Waals surface area contributed by atoms with Crippen molar-refractivity contribution >= 4 is 101 Å². The highest BCUT2D eigenvalue weighted by molar-refractivity contribution is 7.93. The molecule has 2 unspecified atom stereocenters. The van der Waals surface area contributed by atoms with Gasteiger partial charge in [0.15, 0.2) is 19.7 Å². The molecule has 19 heteroatoms. The predicted molar refractivity (Wildman–Crippen MR) is 267 cm³/mol. The Hall–Kier alpha value is -6.43. The first kappa shape index (κ1) is 52.5. The van der Waals surface area contributed by atoms with Crippen LogP contribution in [0.2, 0.25) is 15.1 Å². The highest BCUT2D eigenvalue weighted by Gasteiger charge is 2.34. The van der Waals surface area contributed by atoms with Gasteiger partial charge in [-0.2, -0.15) is 0 Å². The number of phenolic OH excluding ortho intramolecular Hbond substituents is 2. The van der Waals surface area contributed by atoms with Crippen LogP contribution in [0.5, 0.6) is 11.5 Å². The average molecular weight is 1020 g/mol. The van der Waals surface area contributed by atoms with Crippen molar-refractivity contribution in [2.24, 2.45) is 0 Å². The predicted octanol–water partition coefficient (Wildman–Crippen LogP) is 10.6. The van der Waals surface area contributed by atoms with Crippen LogP contribution in [0.4, 0.5) is 22.7 Å². The van der Waals surface area contributed by atoms with E-state index in [9.17, 15) is 46.2 Å². The molecule has 0 spiro atoms. The Morgan fingerprint density at radius 2 is 0.779 bits per heavy atom. The minimum Gasteiger partial charge on any atom is -0.506 e. The smallest absolute Gasteiger partial charge is 0.255 e. The second kappa shape index (κ2) is 22.6. The van der Waals surface area contributed by atoms with Gasteiger partial charge in [0.05, 0.1) is 42.6 Å². The maximum Gasteiger partial charge on any atom is 0.255 e. The lowest BCUT2D eigenvalue weighted by atomic mass is 10.1. The maximum absolute atomic E-state index is 13.0. The molecule has 2 atom stereocenters. The number of nitrogens with one attached hydrogen (secondary N) is 4. The normalized spacial score (nSPS) is 12.1. The Labute approximate surface area is 409 Å². The molecule has 0 bridgehead atoms. The molecule has 0 aliphatic rings. The standard InChI is InChI=1S/C25H25ClN2O5S.C24H22Cl2N2O5S/c1-4-23(34(32,33)18-11-7-16(3)8-12-18)25(31)27-20-14-22(29)21(13-19(20)26)28-24(30)17-9-5-15(2)6-10-17;1-3-22(34(32,33)17-10-8-16(25)9-11-17)24(31)27-19-13-21(29)20(12-18(19)26)28-23(30)15-6-4-14(2)5-7-15/h5-14,23,29H,4H2,1-3H3,(H,27,31)(H,28,30);4-13,22,29H,3H2,1-2H3,(H,27,31)(H,28,30). The highest BCUT2D eigenvalue weighted by Crippen LogP contribution is 2.36. The Balaban J connectivity index is 0.000000254. The quantitative estimate of drug-likeness (QED) is 0.0566. The summed E-state index contributed by atoms with van der Waals surface area (Å²) in [5.74, 6) is -3.18. The maximum atomic E-state index is 13.0. The number of phenols is 2. The number of rotatable bonds is 14. The van der Waals surface area contributed by atoms with Crippen molar-refractivity contribution in [2.45, 2.75) is 67.8 Å². The summed E-state index contributed by atoms with van der Waals surface area (Å²) < 4.78 is 51.9. The number of sulfone groups is 2. The van der Waals surface area contributed by atoms with Crippen molar-refractivity contribution in [2.75, 3.05) is 21.3 Å². The number of benzene rings is 6. The Kier molecular flexibility index (Phi) is 17.4. The second-order valence-corrected chi connectivity index (χ2v) is 21.0. The molecule has 356 valence electrons. The third kappa shape index (κ3) is 13.0. The van der Waals surface area contributed by atoms with Gasteiger partial charge in [-0.1, -0.05) is 102 Å². The zero-order chi connectivity index (χ0) is 50.1. The van der Waals surface area contributed by atoms with Gasteiger partial charge in [-0.25, -0.2) is 16.8 Å². The van der Waals surface area contributed by atoms with E-state index in [1.54, 1.807) is 74.5 Å². The minimum absolute atomic E-state index is 0.00209. The van der Waals surface area contributed by atoms with Crippen LogP contribution < -0.4 is 21.3 Å². The molecule has 6 aromatic rings. The number of carbonyl (C=O) groups excluding carboxylic acids is 4. The molecular weight excluding hydrogens is 975 g/mol. The first-order valence-electron chi connectivity index (χ1n) is 20.8. The van der Waals surface area contributed by atoms with Crippen molar-refractivity contribution in [3.8, 4) is 11.5 Å². The first-order chi connectivity index (χ1) is 32.0. The Morgan fingerprint density at radius 1 is 0.471 bits per heavy atom. The van der Waals surface area contributed by atoms with Crippen molar-refractivity contribution in [3.05, 3.63) is 164 Å². The van der Waals surface area contributed by atoms with Crippen LogP contribution in [0.1, 0.15) is 64.1 Å². The van der Waals surface area contributed by atoms with Crippen LogP contribution in [-0.2, 0) is 29.3 Å².